The number of ether oxygens (including phenoxy) is 1. The molecule has 1 aliphatic heterocycles. The first-order valence-corrected chi connectivity index (χ1v) is 8.05. The molecule has 0 spiro atoms. The van der Waals surface area contributed by atoms with E-state index in [1.165, 1.54) is 6.07 Å². The fourth-order valence-electron chi connectivity index (χ4n) is 2.61. The molecule has 1 saturated heterocycles. The molecule has 1 saturated carbocycles. The van der Waals surface area contributed by atoms with Gasteiger partial charge in [0.2, 0.25) is 10.0 Å². The Morgan fingerprint density at radius 3 is 2.63 bits per heavy atom. The molecule has 2 atom stereocenters. The van der Waals surface area contributed by atoms with Crippen molar-refractivity contribution >= 4 is 15.7 Å². The van der Waals surface area contributed by atoms with E-state index in [0.29, 0.717) is 12.5 Å². The summed E-state index contributed by atoms with van der Waals surface area (Å²) in [5.74, 6) is 0.517. The van der Waals surface area contributed by atoms with Crippen LogP contribution in [0.25, 0.3) is 0 Å². The van der Waals surface area contributed by atoms with Crippen LogP contribution < -0.4 is 10.5 Å². The van der Waals surface area contributed by atoms with Crippen molar-refractivity contribution in [2.45, 2.75) is 36.3 Å². The number of nitrogens with one attached hydrogen (secondary N) is 1. The molecule has 2 fully saturated rings. The van der Waals surface area contributed by atoms with Gasteiger partial charge in [0.25, 0.3) is 0 Å². The number of sulfonamides is 1. The molecule has 104 valence electrons. The van der Waals surface area contributed by atoms with Crippen molar-refractivity contribution in [1.82, 2.24) is 4.72 Å². The van der Waals surface area contributed by atoms with Crippen LogP contribution >= 0.6 is 0 Å². The van der Waals surface area contributed by atoms with E-state index < -0.39 is 10.0 Å². The van der Waals surface area contributed by atoms with Crippen LogP contribution in [-0.2, 0) is 14.8 Å². The van der Waals surface area contributed by atoms with Crippen molar-refractivity contribution in [2.24, 2.45) is 5.92 Å². The number of benzene rings is 1. The Balaban J connectivity index is 1.80. The Morgan fingerprint density at radius 2 is 1.95 bits per heavy atom. The van der Waals surface area contributed by atoms with E-state index in [0.717, 1.165) is 19.3 Å². The summed E-state index contributed by atoms with van der Waals surface area (Å²) in [5, 5.41) is 0. The van der Waals surface area contributed by atoms with Gasteiger partial charge in [0.15, 0.2) is 0 Å². The molecule has 0 radical (unpaired) electrons. The number of hydrogen-bond donors (Lipinski definition) is 2. The summed E-state index contributed by atoms with van der Waals surface area (Å²) >= 11 is 0. The van der Waals surface area contributed by atoms with Gasteiger partial charge in [-0.05, 0) is 37.3 Å². The van der Waals surface area contributed by atoms with Gasteiger partial charge in [-0.25, -0.2) is 13.1 Å². The fraction of sp³-hybridized carbons (Fsp3) is 0.538. The third kappa shape index (κ3) is 2.61. The van der Waals surface area contributed by atoms with Crippen LogP contribution in [0.3, 0.4) is 0 Å². The van der Waals surface area contributed by atoms with Crippen molar-refractivity contribution in [3.8, 4) is 0 Å². The van der Waals surface area contributed by atoms with Crippen LogP contribution in [-0.4, -0.2) is 27.2 Å². The van der Waals surface area contributed by atoms with E-state index >= 15 is 0 Å². The zero-order valence-corrected chi connectivity index (χ0v) is 11.4. The topological polar surface area (TPSA) is 81.4 Å². The summed E-state index contributed by atoms with van der Waals surface area (Å²) in [6.45, 7) is 0.624. The van der Waals surface area contributed by atoms with Crippen LogP contribution in [0.2, 0.25) is 0 Å². The molecule has 0 bridgehead atoms. The minimum Gasteiger partial charge on any atom is -0.398 e. The molecule has 2 aliphatic rings. The number of hydrogen-bond acceptors (Lipinski definition) is 4. The Kier molecular flexibility index (Phi) is 3.24. The second-order valence-corrected chi connectivity index (χ2v) is 6.91. The van der Waals surface area contributed by atoms with E-state index in [4.69, 9.17) is 10.5 Å². The number of rotatable bonds is 4. The van der Waals surface area contributed by atoms with E-state index in [-0.39, 0.29) is 22.7 Å². The molecule has 3 N–H and O–H groups in total. The van der Waals surface area contributed by atoms with Crippen molar-refractivity contribution in [3.05, 3.63) is 24.3 Å². The number of para-hydroxylation sites is 1. The average Bonchev–Trinajstić information content (AvgIpc) is 3.11. The lowest BCUT2D eigenvalue weighted by Crippen LogP contribution is -2.41. The molecular weight excluding hydrogens is 264 g/mol. The zero-order chi connectivity index (χ0) is 13.5. The molecule has 1 aliphatic carbocycles. The highest BCUT2D eigenvalue weighted by molar-refractivity contribution is 7.89. The van der Waals surface area contributed by atoms with Gasteiger partial charge in [0.05, 0.1) is 17.8 Å². The van der Waals surface area contributed by atoms with E-state index in [2.05, 4.69) is 4.72 Å². The molecule has 2 unspecified atom stereocenters. The first kappa shape index (κ1) is 12.9. The van der Waals surface area contributed by atoms with Crippen molar-refractivity contribution in [1.29, 1.82) is 0 Å². The Labute approximate surface area is 113 Å². The van der Waals surface area contributed by atoms with E-state index in [1.54, 1.807) is 18.2 Å². The lowest BCUT2D eigenvalue weighted by molar-refractivity contribution is 0.0848. The highest BCUT2D eigenvalue weighted by Gasteiger charge is 2.42. The standard InChI is InChI=1S/C13H18N2O3S/c14-10-3-1-2-4-12(10)19(16,17)15-11-7-8-18-13(11)9-5-6-9/h1-4,9,11,13,15H,5-8,14H2. The SMILES string of the molecule is Nc1ccccc1S(=O)(=O)NC1CCOC1C1CC1. The van der Waals surface area contributed by atoms with Crippen molar-refractivity contribution in [2.75, 3.05) is 12.3 Å². The average molecular weight is 282 g/mol. The van der Waals surface area contributed by atoms with Crippen LogP contribution in [0.1, 0.15) is 19.3 Å². The molecular formula is C13H18N2O3S. The third-order valence-corrected chi connectivity index (χ3v) is 5.30. The van der Waals surface area contributed by atoms with Crippen LogP contribution in [0.15, 0.2) is 29.2 Å². The molecule has 1 heterocycles. The molecule has 5 nitrogen and oxygen atoms in total. The second kappa shape index (κ2) is 4.77. The summed E-state index contributed by atoms with van der Waals surface area (Å²) in [4.78, 5) is 0.149. The summed E-state index contributed by atoms with van der Waals surface area (Å²) < 4.78 is 33.1. The lowest BCUT2D eigenvalue weighted by atomic mass is 10.1. The highest BCUT2D eigenvalue weighted by atomic mass is 32.2. The Bertz CT molecular complexity index is 569. The summed E-state index contributed by atoms with van der Waals surface area (Å²) in [5.41, 5.74) is 6.01. The lowest BCUT2D eigenvalue weighted by Gasteiger charge is -2.19. The quantitative estimate of drug-likeness (QED) is 0.811. The summed E-state index contributed by atoms with van der Waals surface area (Å²) in [6, 6.07) is 6.39. The predicted octanol–water partition coefficient (Wildman–Crippen LogP) is 1.11. The predicted molar refractivity (Wildman–Crippen MR) is 72.0 cm³/mol. The molecule has 6 heteroatoms. The van der Waals surface area contributed by atoms with Gasteiger partial charge in [0.1, 0.15) is 4.90 Å². The van der Waals surface area contributed by atoms with Gasteiger partial charge in [0, 0.05) is 6.61 Å². The number of nitrogen functional groups attached to an aromatic ring is 1. The van der Waals surface area contributed by atoms with Crippen LogP contribution in [0.4, 0.5) is 5.69 Å². The highest BCUT2D eigenvalue weighted by Crippen LogP contribution is 2.39. The van der Waals surface area contributed by atoms with Gasteiger partial charge in [-0.1, -0.05) is 12.1 Å². The maximum absolute atomic E-state index is 12.4. The van der Waals surface area contributed by atoms with Gasteiger partial charge >= 0.3 is 0 Å². The zero-order valence-electron chi connectivity index (χ0n) is 10.6. The first-order valence-electron chi connectivity index (χ1n) is 6.56. The Hall–Kier alpha value is -1.11. The smallest absolute Gasteiger partial charge is 0.242 e. The molecule has 0 aromatic heterocycles. The maximum Gasteiger partial charge on any atom is 0.242 e. The Morgan fingerprint density at radius 1 is 1.21 bits per heavy atom. The minimum absolute atomic E-state index is 0.0275. The molecule has 0 amide bonds. The maximum atomic E-state index is 12.4. The molecule has 1 aromatic carbocycles. The van der Waals surface area contributed by atoms with E-state index in [1.807, 2.05) is 0 Å². The number of anilines is 1. The minimum atomic E-state index is -3.57. The monoisotopic (exact) mass is 282 g/mol. The van der Waals surface area contributed by atoms with Crippen LogP contribution in [0.5, 0.6) is 0 Å². The molecule has 1 aromatic rings. The number of nitrogens with two attached hydrogens (primary N) is 1. The first-order chi connectivity index (χ1) is 9.08. The summed E-state index contributed by atoms with van der Waals surface area (Å²) in [7, 11) is -3.57. The largest absolute Gasteiger partial charge is 0.398 e. The van der Waals surface area contributed by atoms with Crippen molar-refractivity contribution in [3.63, 3.8) is 0 Å². The molecule has 3 rings (SSSR count). The summed E-state index contributed by atoms with van der Waals surface area (Å²) in [6.07, 6.45) is 3.03. The van der Waals surface area contributed by atoms with Crippen LogP contribution in [0, 0.1) is 5.92 Å². The normalized spacial score (nSPS) is 27.6. The van der Waals surface area contributed by atoms with Gasteiger partial charge < -0.3 is 10.5 Å². The van der Waals surface area contributed by atoms with Gasteiger partial charge in [-0.3, -0.25) is 0 Å². The second-order valence-electron chi connectivity index (χ2n) is 5.23. The third-order valence-electron chi connectivity index (χ3n) is 3.74. The van der Waals surface area contributed by atoms with Gasteiger partial charge in [-0.15, -0.1) is 0 Å². The molecule has 19 heavy (non-hydrogen) atoms. The van der Waals surface area contributed by atoms with Crippen molar-refractivity contribution < 1.29 is 13.2 Å². The van der Waals surface area contributed by atoms with Gasteiger partial charge in [-0.2, -0.15) is 0 Å². The van der Waals surface area contributed by atoms with E-state index in [9.17, 15) is 8.42 Å². The fourth-order valence-corrected chi connectivity index (χ4v) is 4.03.